The van der Waals surface area contributed by atoms with Crippen molar-refractivity contribution in [2.45, 2.75) is 6.10 Å². The monoisotopic (exact) mass is 217 g/mol. The molecule has 0 saturated carbocycles. The minimum absolute atomic E-state index is 0.215. The third-order valence-electron chi connectivity index (χ3n) is 2.24. The van der Waals surface area contributed by atoms with Gasteiger partial charge in [0.25, 0.3) is 0 Å². The molecule has 0 bridgehead atoms. The highest BCUT2D eigenvalue weighted by Gasteiger charge is 2.31. The largest absolute Gasteiger partial charge is 0.501 e. The fourth-order valence-electron chi connectivity index (χ4n) is 1.39. The van der Waals surface area contributed by atoms with Crippen LogP contribution in [0, 0.1) is 0 Å². The molecule has 0 saturated heterocycles. The molecular formula is C12H11NO3. The maximum Gasteiger partial charge on any atom is 0.247 e. The molecular weight excluding hydrogens is 206 g/mol. The quantitative estimate of drug-likeness (QED) is 0.784. The summed E-state index contributed by atoms with van der Waals surface area (Å²) in [5.74, 6) is -1.22. The number of aliphatic hydroxyl groups is 1. The van der Waals surface area contributed by atoms with Crippen LogP contribution in [0.3, 0.4) is 0 Å². The van der Waals surface area contributed by atoms with Gasteiger partial charge < -0.3 is 15.6 Å². The first-order valence-corrected chi connectivity index (χ1v) is 4.81. The van der Waals surface area contributed by atoms with E-state index in [9.17, 15) is 9.90 Å². The van der Waals surface area contributed by atoms with E-state index in [4.69, 9.17) is 10.5 Å². The van der Waals surface area contributed by atoms with Gasteiger partial charge in [-0.05, 0) is 11.6 Å². The van der Waals surface area contributed by atoms with Crippen molar-refractivity contribution in [2.24, 2.45) is 5.73 Å². The van der Waals surface area contributed by atoms with Gasteiger partial charge in [0.05, 0.1) is 0 Å². The van der Waals surface area contributed by atoms with Gasteiger partial charge in [-0.1, -0.05) is 36.4 Å². The summed E-state index contributed by atoms with van der Waals surface area (Å²) in [6.07, 6.45) is 2.49. The van der Waals surface area contributed by atoms with Crippen molar-refractivity contribution in [1.82, 2.24) is 0 Å². The van der Waals surface area contributed by atoms with Crippen molar-refractivity contribution in [1.29, 1.82) is 0 Å². The van der Waals surface area contributed by atoms with Crippen LogP contribution in [-0.4, -0.2) is 17.0 Å². The van der Waals surface area contributed by atoms with E-state index in [2.05, 4.69) is 0 Å². The Labute approximate surface area is 92.6 Å². The molecule has 2 rings (SSSR count). The van der Waals surface area contributed by atoms with Gasteiger partial charge in [0.1, 0.15) is 0 Å². The zero-order valence-electron chi connectivity index (χ0n) is 8.46. The summed E-state index contributed by atoms with van der Waals surface area (Å²) in [4.78, 5) is 11.4. The first-order chi connectivity index (χ1) is 7.68. The second kappa shape index (κ2) is 4.10. The average molecular weight is 217 g/mol. The molecule has 0 aromatic heterocycles. The lowest BCUT2D eigenvalue weighted by molar-refractivity contribution is -0.121. The number of aliphatic hydroxyl groups excluding tert-OH is 1. The molecule has 0 aliphatic carbocycles. The summed E-state index contributed by atoms with van der Waals surface area (Å²) in [5.41, 5.74) is 6.23. The van der Waals surface area contributed by atoms with Gasteiger partial charge in [0, 0.05) is 0 Å². The maximum absolute atomic E-state index is 11.4. The number of Topliss-reactive ketones (excluding diaryl/α,β-unsaturated/α-hetero) is 1. The van der Waals surface area contributed by atoms with E-state index in [1.54, 1.807) is 12.2 Å². The van der Waals surface area contributed by atoms with E-state index in [1.807, 2.05) is 30.3 Å². The zero-order chi connectivity index (χ0) is 11.5. The average Bonchev–Trinajstić information content (AvgIpc) is 2.56. The van der Waals surface area contributed by atoms with Crippen LogP contribution < -0.4 is 5.73 Å². The summed E-state index contributed by atoms with van der Waals surface area (Å²) in [7, 11) is 0. The molecule has 1 heterocycles. The number of benzene rings is 1. The van der Waals surface area contributed by atoms with Crippen LogP contribution in [0.25, 0.3) is 6.08 Å². The smallest absolute Gasteiger partial charge is 0.247 e. The molecule has 1 atom stereocenters. The number of carbonyl (C=O) groups excluding carboxylic acids is 1. The summed E-state index contributed by atoms with van der Waals surface area (Å²) >= 11 is 0. The molecule has 4 heteroatoms. The number of hydrogen-bond acceptors (Lipinski definition) is 4. The van der Waals surface area contributed by atoms with Gasteiger partial charge >= 0.3 is 0 Å². The number of ketones is 1. The third-order valence-corrected chi connectivity index (χ3v) is 2.24. The van der Waals surface area contributed by atoms with Gasteiger partial charge in [-0.3, -0.25) is 4.79 Å². The van der Waals surface area contributed by atoms with Crippen molar-refractivity contribution in [2.75, 3.05) is 0 Å². The van der Waals surface area contributed by atoms with Gasteiger partial charge in [-0.25, -0.2) is 0 Å². The molecule has 16 heavy (non-hydrogen) atoms. The van der Waals surface area contributed by atoms with E-state index >= 15 is 0 Å². The Morgan fingerprint density at radius 2 is 2.00 bits per heavy atom. The lowest BCUT2D eigenvalue weighted by Gasteiger charge is -2.02. The Hall–Kier alpha value is -2.23. The molecule has 82 valence electrons. The van der Waals surface area contributed by atoms with E-state index < -0.39 is 17.6 Å². The Balaban J connectivity index is 2.09. The van der Waals surface area contributed by atoms with Crippen LogP contribution >= 0.6 is 0 Å². The number of nitrogens with two attached hydrogens (primary N) is 1. The van der Waals surface area contributed by atoms with E-state index in [0.717, 1.165) is 5.56 Å². The Kier molecular flexibility index (Phi) is 2.64. The minimum atomic E-state index is -0.819. The van der Waals surface area contributed by atoms with Crippen LogP contribution in [0.4, 0.5) is 0 Å². The van der Waals surface area contributed by atoms with Crippen molar-refractivity contribution in [3.63, 3.8) is 0 Å². The van der Waals surface area contributed by atoms with Crippen LogP contribution in [0.15, 0.2) is 48.1 Å². The summed E-state index contributed by atoms with van der Waals surface area (Å²) in [6, 6.07) is 9.47. The number of ether oxygens (including phenoxy) is 1. The first-order valence-electron chi connectivity index (χ1n) is 4.81. The molecule has 1 aliphatic heterocycles. The van der Waals surface area contributed by atoms with E-state index in [-0.39, 0.29) is 5.88 Å². The van der Waals surface area contributed by atoms with E-state index in [1.165, 1.54) is 0 Å². The standard InChI is InChI=1S/C12H11NO3/c13-12-11(15)10(14)9(16-12)7-6-8-4-2-1-3-5-8/h1-7,9,15H,13H2. The number of hydrogen-bond donors (Lipinski definition) is 2. The van der Waals surface area contributed by atoms with E-state index in [0.29, 0.717) is 0 Å². The minimum Gasteiger partial charge on any atom is -0.501 e. The second-order valence-corrected chi connectivity index (χ2v) is 3.39. The molecule has 4 nitrogen and oxygen atoms in total. The molecule has 1 aromatic carbocycles. The van der Waals surface area contributed by atoms with Crippen molar-refractivity contribution in [3.05, 3.63) is 53.6 Å². The Morgan fingerprint density at radius 1 is 1.31 bits per heavy atom. The third kappa shape index (κ3) is 1.91. The van der Waals surface area contributed by atoms with Crippen molar-refractivity contribution in [3.8, 4) is 0 Å². The molecule has 0 amide bonds. The predicted molar refractivity (Wildman–Crippen MR) is 59.2 cm³/mol. The fraction of sp³-hybridized carbons (Fsp3) is 0.0833. The Morgan fingerprint density at radius 3 is 2.56 bits per heavy atom. The number of carbonyl (C=O) groups is 1. The van der Waals surface area contributed by atoms with Crippen LogP contribution in [0.2, 0.25) is 0 Å². The van der Waals surface area contributed by atoms with Gasteiger partial charge in [-0.15, -0.1) is 0 Å². The van der Waals surface area contributed by atoms with Crippen molar-refractivity contribution >= 4 is 11.9 Å². The highest BCUT2D eigenvalue weighted by atomic mass is 16.5. The summed E-state index contributed by atoms with van der Waals surface area (Å²) in [5, 5.41) is 9.18. The summed E-state index contributed by atoms with van der Waals surface area (Å²) < 4.78 is 4.98. The van der Waals surface area contributed by atoms with Crippen LogP contribution in [0.5, 0.6) is 0 Å². The van der Waals surface area contributed by atoms with Gasteiger partial charge in [-0.2, -0.15) is 0 Å². The summed E-state index contributed by atoms with van der Waals surface area (Å²) in [6.45, 7) is 0. The highest BCUT2D eigenvalue weighted by molar-refractivity contribution is 6.00. The molecule has 1 aromatic rings. The van der Waals surface area contributed by atoms with Crippen LogP contribution in [0.1, 0.15) is 5.56 Å². The second-order valence-electron chi connectivity index (χ2n) is 3.39. The molecule has 0 fully saturated rings. The topological polar surface area (TPSA) is 72.5 Å². The van der Waals surface area contributed by atoms with Gasteiger partial charge in [0.2, 0.25) is 17.4 Å². The fourth-order valence-corrected chi connectivity index (χ4v) is 1.39. The first kappa shape index (κ1) is 10.3. The van der Waals surface area contributed by atoms with Crippen LogP contribution in [-0.2, 0) is 9.53 Å². The molecule has 1 unspecified atom stereocenters. The predicted octanol–water partition coefficient (Wildman–Crippen LogP) is 1.35. The lowest BCUT2D eigenvalue weighted by atomic mass is 10.1. The normalized spacial score (nSPS) is 20.5. The lowest BCUT2D eigenvalue weighted by Crippen LogP contribution is -2.15. The molecule has 3 N–H and O–H groups in total. The number of rotatable bonds is 2. The maximum atomic E-state index is 11.4. The highest BCUT2D eigenvalue weighted by Crippen LogP contribution is 2.17. The molecule has 0 spiro atoms. The Bertz CT molecular complexity index is 462. The molecule has 1 aliphatic rings. The SMILES string of the molecule is NC1=C(O)C(=O)C(C=Cc2ccccc2)O1. The molecule has 0 radical (unpaired) electrons. The zero-order valence-corrected chi connectivity index (χ0v) is 8.46. The van der Waals surface area contributed by atoms with Gasteiger partial charge in [0.15, 0.2) is 6.10 Å². The van der Waals surface area contributed by atoms with Crippen molar-refractivity contribution < 1.29 is 14.6 Å².